The second kappa shape index (κ2) is 5.55. The molecule has 128 valence electrons. The number of sulfonamides is 1. The van der Waals surface area contributed by atoms with Crippen molar-refractivity contribution in [3.63, 3.8) is 0 Å². The van der Waals surface area contributed by atoms with Crippen LogP contribution in [-0.4, -0.2) is 36.1 Å². The minimum Gasteiger partial charge on any atom is -0.308 e. The van der Waals surface area contributed by atoms with E-state index in [1.54, 1.807) is 29.2 Å². The fourth-order valence-corrected chi connectivity index (χ4v) is 4.31. The van der Waals surface area contributed by atoms with Crippen LogP contribution in [0.5, 0.6) is 0 Å². The van der Waals surface area contributed by atoms with Gasteiger partial charge in [0.1, 0.15) is 6.33 Å². The Balaban J connectivity index is 1.90. The molecule has 4 rings (SSSR count). The van der Waals surface area contributed by atoms with Crippen LogP contribution in [0.25, 0.3) is 10.8 Å². The Morgan fingerprint density at radius 1 is 1.24 bits per heavy atom. The van der Waals surface area contributed by atoms with Crippen LogP contribution in [0.3, 0.4) is 0 Å². The molecule has 0 aliphatic carbocycles. The Labute approximate surface area is 143 Å². The van der Waals surface area contributed by atoms with E-state index >= 15 is 0 Å². The lowest BCUT2D eigenvalue weighted by molar-refractivity contribution is 0.0993. The number of carbonyl (C=O) groups excluding carboxylic acids is 1. The first kappa shape index (κ1) is 15.6. The van der Waals surface area contributed by atoms with Crippen molar-refractivity contribution in [1.29, 1.82) is 0 Å². The van der Waals surface area contributed by atoms with Crippen molar-refractivity contribution in [2.24, 2.45) is 0 Å². The molecule has 3 aromatic rings. The third kappa shape index (κ3) is 2.35. The van der Waals surface area contributed by atoms with Crippen LogP contribution in [0, 0.1) is 0 Å². The zero-order valence-electron chi connectivity index (χ0n) is 13.4. The third-order valence-corrected chi connectivity index (χ3v) is 5.52. The molecular formula is C16H15N5O3S. The van der Waals surface area contributed by atoms with Gasteiger partial charge in [-0.1, -0.05) is 19.1 Å². The largest absolute Gasteiger partial charge is 0.308 e. The Bertz CT molecular complexity index is 1080. The van der Waals surface area contributed by atoms with Crippen LogP contribution in [0.1, 0.15) is 23.7 Å². The lowest BCUT2D eigenvalue weighted by atomic mass is 10.1. The van der Waals surface area contributed by atoms with E-state index in [2.05, 4.69) is 19.9 Å². The lowest BCUT2D eigenvalue weighted by Gasteiger charge is -2.17. The number of aromatic nitrogens is 3. The van der Waals surface area contributed by atoms with Gasteiger partial charge in [-0.25, -0.2) is 18.2 Å². The van der Waals surface area contributed by atoms with Crippen molar-refractivity contribution in [2.75, 3.05) is 16.2 Å². The number of nitrogens with one attached hydrogen (secondary N) is 2. The Hall–Kier alpha value is -2.94. The van der Waals surface area contributed by atoms with E-state index in [0.717, 1.165) is 12.1 Å². The van der Waals surface area contributed by atoms with Gasteiger partial charge in [0.2, 0.25) is 5.95 Å². The minimum atomic E-state index is -3.88. The Morgan fingerprint density at radius 2 is 2.08 bits per heavy atom. The summed E-state index contributed by atoms with van der Waals surface area (Å²) in [5, 5.41) is 7.27. The molecule has 0 spiro atoms. The van der Waals surface area contributed by atoms with Gasteiger partial charge in [0, 0.05) is 22.9 Å². The van der Waals surface area contributed by atoms with Gasteiger partial charge in [0.25, 0.3) is 15.9 Å². The molecule has 25 heavy (non-hydrogen) atoms. The normalized spacial score (nSPS) is 13.6. The topological polar surface area (TPSA) is 108 Å². The van der Waals surface area contributed by atoms with Crippen molar-refractivity contribution in [3.8, 4) is 0 Å². The highest BCUT2D eigenvalue weighted by atomic mass is 32.2. The Morgan fingerprint density at radius 3 is 2.80 bits per heavy atom. The summed E-state index contributed by atoms with van der Waals surface area (Å²) in [5.41, 5.74) is 1.27. The number of amides is 1. The first-order valence-electron chi connectivity index (χ1n) is 7.78. The summed E-state index contributed by atoms with van der Waals surface area (Å²) in [5.74, 6) is -0.0628. The van der Waals surface area contributed by atoms with Crippen LogP contribution in [0.2, 0.25) is 0 Å². The SMILES string of the molecule is CCCN1C(=O)c2cccc3c(S(=O)(=O)Nc4ncn[nH]4)ccc1c23. The standard InChI is InChI=1S/C16H15N5O3S/c1-2-8-21-12-6-7-13(25(23,24)20-16-17-9-18-19-16)10-4-3-5-11(14(10)12)15(21)22/h3-7,9H,2,8H2,1H3,(H2,17,18,19,20). The highest BCUT2D eigenvalue weighted by Crippen LogP contribution is 2.40. The van der Waals surface area contributed by atoms with E-state index in [9.17, 15) is 13.2 Å². The maximum absolute atomic E-state index is 12.7. The predicted octanol–water partition coefficient (Wildman–Crippen LogP) is 2.13. The number of hydrogen-bond acceptors (Lipinski definition) is 5. The molecule has 0 saturated carbocycles. The molecule has 0 fully saturated rings. The average Bonchev–Trinajstić information content (AvgIpc) is 3.18. The van der Waals surface area contributed by atoms with Gasteiger partial charge < -0.3 is 4.90 Å². The molecule has 0 saturated heterocycles. The molecule has 0 radical (unpaired) electrons. The summed E-state index contributed by atoms with van der Waals surface area (Å²) < 4.78 is 27.9. The zero-order chi connectivity index (χ0) is 17.6. The van der Waals surface area contributed by atoms with Crippen LogP contribution < -0.4 is 9.62 Å². The van der Waals surface area contributed by atoms with Crippen molar-refractivity contribution in [2.45, 2.75) is 18.2 Å². The van der Waals surface area contributed by atoms with E-state index in [1.165, 1.54) is 12.4 Å². The molecule has 2 N–H and O–H groups in total. The van der Waals surface area contributed by atoms with E-state index in [-0.39, 0.29) is 16.8 Å². The molecule has 0 bridgehead atoms. The number of anilines is 2. The number of carbonyl (C=O) groups is 1. The number of aromatic amines is 1. The number of H-pyrrole nitrogens is 1. The second-order valence-electron chi connectivity index (χ2n) is 5.71. The van der Waals surface area contributed by atoms with E-state index in [0.29, 0.717) is 22.9 Å². The smallest absolute Gasteiger partial charge is 0.264 e. The maximum atomic E-state index is 12.7. The first-order chi connectivity index (χ1) is 12.0. The van der Waals surface area contributed by atoms with Gasteiger partial charge >= 0.3 is 0 Å². The van der Waals surface area contributed by atoms with Gasteiger partial charge in [-0.15, -0.1) is 0 Å². The van der Waals surface area contributed by atoms with Crippen LogP contribution in [0.4, 0.5) is 11.6 Å². The summed E-state index contributed by atoms with van der Waals surface area (Å²) in [4.78, 5) is 18.2. The molecule has 0 unspecified atom stereocenters. The summed E-state index contributed by atoms with van der Waals surface area (Å²) >= 11 is 0. The van der Waals surface area contributed by atoms with Crippen LogP contribution >= 0.6 is 0 Å². The molecule has 1 amide bonds. The highest BCUT2D eigenvalue weighted by Gasteiger charge is 2.31. The van der Waals surface area contributed by atoms with E-state index in [1.807, 2.05) is 6.92 Å². The van der Waals surface area contributed by atoms with Crippen molar-refractivity contribution in [1.82, 2.24) is 15.2 Å². The van der Waals surface area contributed by atoms with Crippen molar-refractivity contribution in [3.05, 3.63) is 42.2 Å². The molecule has 1 aliphatic rings. The molecule has 8 nitrogen and oxygen atoms in total. The van der Waals surface area contributed by atoms with Gasteiger partial charge in [0.15, 0.2) is 0 Å². The summed E-state index contributed by atoms with van der Waals surface area (Å²) in [6.07, 6.45) is 2.03. The van der Waals surface area contributed by atoms with E-state index < -0.39 is 10.0 Å². The van der Waals surface area contributed by atoms with Crippen molar-refractivity contribution >= 4 is 38.3 Å². The number of benzene rings is 2. The number of rotatable bonds is 5. The molecular weight excluding hydrogens is 342 g/mol. The van der Waals surface area contributed by atoms with E-state index in [4.69, 9.17) is 0 Å². The van der Waals surface area contributed by atoms with Crippen molar-refractivity contribution < 1.29 is 13.2 Å². The summed E-state index contributed by atoms with van der Waals surface area (Å²) in [6.45, 7) is 2.58. The number of hydrogen-bond donors (Lipinski definition) is 2. The summed E-state index contributed by atoms with van der Waals surface area (Å²) in [7, 11) is -3.88. The van der Waals surface area contributed by atoms with Gasteiger partial charge in [-0.05, 0) is 24.6 Å². The van der Waals surface area contributed by atoms with Gasteiger partial charge in [0.05, 0.1) is 10.6 Å². The summed E-state index contributed by atoms with van der Waals surface area (Å²) in [6, 6.07) is 8.33. The third-order valence-electron chi connectivity index (χ3n) is 4.13. The second-order valence-corrected chi connectivity index (χ2v) is 7.36. The lowest BCUT2D eigenvalue weighted by Crippen LogP contribution is -2.27. The minimum absolute atomic E-state index is 0.0342. The molecule has 2 heterocycles. The van der Waals surface area contributed by atoms with Gasteiger partial charge in [-0.2, -0.15) is 10.1 Å². The quantitative estimate of drug-likeness (QED) is 0.727. The molecule has 9 heteroatoms. The van der Waals surface area contributed by atoms with Crippen LogP contribution in [0.15, 0.2) is 41.6 Å². The molecule has 1 aliphatic heterocycles. The molecule has 1 aromatic heterocycles. The first-order valence-corrected chi connectivity index (χ1v) is 9.27. The maximum Gasteiger partial charge on any atom is 0.264 e. The zero-order valence-corrected chi connectivity index (χ0v) is 14.2. The molecule has 2 aromatic carbocycles. The van der Waals surface area contributed by atoms with Gasteiger partial charge in [-0.3, -0.25) is 4.79 Å². The number of nitrogens with zero attached hydrogens (tertiary/aromatic N) is 3. The Kier molecular flexibility index (Phi) is 3.46. The monoisotopic (exact) mass is 357 g/mol. The molecule has 0 atom stereocenters. The fraction of sp³-hybridized carbons (Fsp3) is 0.188. The van der Waals surface area contributed by atoms with Crippen LogP contribution in [-0.2, 0) is 10.0 Å². The highest BCUT2D eigenvalue weighted by molar-refractivity contribution is 7.93. The fourth-order valence-electron chi connectivity index (χ4n) is 3.14. The average molecular weight is 357 g/mol. The predicted molar refractivity (Wildman–Crippen MR) is 93.1 cm³/mol.